The van der Waals surface area contributed by atoms with Crippen LogP contribution in [0.4, 0.5) is 0 Å². The minimum Gasteiger partial charge on any atom is -0.493 e. The highest BCUT2D eigenvalue weighted by Gasteiger charge is 2.06. The Hall–Kier alpha value is -2.43. The Kier molecular flexibility index (Phi) is 4.07. The average Bonchev–Trinajstić information content (AvgIpc) is 2.47. The first-order valence-electron chi connectivity index (χ1n) is 5.75. The molecule has 1 aromatic heterocycles. The number of rotatable bonds is 5. The quantitative estimate of drug-likeness (QED) is 0.766. The fraction of sp³-hybridized carbons (Fsp3) is 0.214. The van der Waals surface area contributed by atoms with Crippen molar-refractivity contribution in [3.8, 4) is 11.5 Å². The molecule has 0 unspecified atom stereocenters. The molecular formula is C14H14N2O3. The highest BCUT2D eigenvalue weighted by molar-refractivity contribution is 5.71. The molecule has 5 heteroatoms. The van der Waals surface area contributed by atoms with Crippen LogP contribution in [0.5, 0.6) is 11.5 Å². The van der Waals surface area contributed by atoms with Gasteiger partial charge in [-0.1, -0.05) is 6.07 Å². The van der Waals surface area contributed by atoms with Crippen LogP contribution in [-0.4, -0.2) is 30.5 Å². The monoisotopic (exact) mass is 258 g/mol. The van der Waals surface area contributed by atoms with Crippen molar-refractivity contribution in [2.45, 2.75) is 6.42 Å². The molecule has 5 nitrogen and oxygen atoms in total. The molecule has 0 fully saturated rings. The Morgan fingerprint density at radius 3 is 2.63 bits per heavy atom. The van der Waals surface area contributed by atoms with Gasteiger partial charge in [-0.15, -0.1) is 0 Å². The zero-order chi connectivity index (χ0) is 13.7. The molecule has 2 rings (SSSR count). The van der Waals surface area contributed by atoms with Crippen LogP contribution >= 0.6 is 0 Å². The highest BCUT2D eigenvalue weighted by Crippen LogP contribution is 2.28. The molecule has 1 heterocycles. The van der Waals surface area contributed by atoms with Gasteiger partial charge < -0.3 is 9.47 Å². The average molecular weight is 258 g/mol. The molecule has 98 valence electrons. The number of hydrogen-bond donors (Lipinski definition) is 0. The van der Waals surface area contributed by atoms with Gasteiger partial charge in [-0.25, -0.2) is 9.97 Å². The lowest BCUT2D eigenvalue weighted by Gasteiger charge is -2.09. The molecule has 2 aromatic rings. The summed E-state index contributed by atoms with van der Waals surface area (Å²) in [6.45, 7) is 0. The SMILES string of the molecule is COc1ccc(Cc2nccc(C=O)n2)cc1OC. The molecule has 0 bridgehead atoms. The highest BCUT2D eigenvalue weighted by atomic mass is 16.5. The second-order valence-corrected chi connectivity index (χ2v) is 3.88. The number of carbonyl (C=O) groups is 1. The van der Waals surface area contributed by atoms with E-state index in [4.69, 9.17) is 9.47 Å². The predicted octanol–water partition coefficient (Wildman–Crippen LogP) is 1.90. The smallest absolute Gasteiger partial charge is 0.168 e. The maximum atomic E-state index is 10.7. The Balaban J connectivity index is 2.25. The lowest BCUT2D eigenvalue weighted by Crippen LogP contribution is -2.00. The summed E-state index contributed by atoms with van der Waals surface area (Å²) in [5, 5.41) is 0. The predicted molar refractivity (Wildman–Crippen MR) is 69.8 cm³/mol. The van der Waals surface area contributed by atoms with Gasteiger partial charge in [-0.3, -0.25) is 4.79 Å². The Morgan fingerprint density at radius 1 is 1.16 bits per heavy atom. The summed E-state index contributed by atoms with van der Waals surface area (Å²) in [6.07, 6.45) is 2.81. The van der Waals surface area contributed by atoms with Crippen molar-refractivity contribution in [3.05, 3.63) is 47.5 Å². The third-order valence-corrected chi connectivity index (χ3v) is 2.66. The van der Waals surface area contributed by atoms with E-state index in [1.165, 1.54) is 0 Å². The van der Waals surface area contributed by atoms with Crippen LogP contribution in [0.3, 0.4) is 0 Å². The molecule has 0 radical (unpaired) electrons. The number of benzene rings is 1. The van der Waals surface area contributed by atoms with Crippen molar-refractivity contribution in [2.24, 2.45) is 0 Å². The number of carbonyl (C=O) groups excluding carboxylic acids is 1. The largest absolute Gasteiger partial charge is 0.493 e. The molecule has 0 aliphatic rings. The van der Waals surface area contributed by atoms with Crippen molar-refractivity contribution in [3.63, 3.8) is 0 Å². The normalized spacial score (nSPS) is 10.0. The molecule has 0 amide bonds. The number of ether oxygens (including phenoxy) is 2. The van der Waals surface area contributed by atoms with Crippen LogP contribution < -0.4 is 9.47 Å². The van der Waals surface area contributed by atoms with E-state index in [1.54, 1.807) is 26.5 Å². The van der Waals surface area contributed by atoms with Gasteiger partial charge in [0.25, 0.3) is 0 Å². The van der Waals surface area contributed by atoms with Gasteiger partial charge >= 0.3 is 0 Å². The van der Waals surface area contributed by atoms with Crippen LogP contribution in [0.15, 0.2) is 30.5 Å². The summed E-state index contributed by atoms with van der Waals surface area (Å²) in [5.74, 6) is 1.93. The topological polar surface area (TPSA) is 61.3 Å². The third-order valence-electron chi connectivity index (χ3n) is 2.66. The van der Waals surface area contributed by atoms with Gasteiger partial charge in [0.15, 0.2) is 17.8 Å². The first-order chi connectivity index (χ1) is 9.26. The Labute approximate surface area is 111 Å². The fourth-order valence-corrected chi connectivity index (χ4v) is 1.74. The van der Waals surface area contributed by atoms with E-state index in [2.05, 4.69) is 9.97 Å². The molecule has 0 aliphatic heterocycles. The number of aldehydes is 1. The van der Waals surface area contributed by atoms with Gasteiger partial charge in [0.1, 0.15) is 11.5 Å². The first kappa shape index (κ1) is 13.0. The summed E-state index contributed by atoms with van der Waals surface area (Å²) in [7, 11) is 3.18. The zero-order valence-corrected chi connectivity index (χ0v) is 10.8. The van der Waals surface area contributed by atoms with Crippen LogP contribution in [0.25, 0.3) is 0 Å². The number of hydrogen-bond acceptors (Lipinski definition) is 5. The van der Waals surface area contributed by atoms with Crippen LogP contribution in [0.2, 0.25) is 0 Å². The number of nitrogens with zero attached hydrogens (tertiary/aromatic N) is 2. The molecular weight excluding hydrogens is 244 g/mol. The molecule has 19 heavy (non-hydrogen) atoms. The summed E-state index contributed by atoms with van der Waals surface area (Å²) in [4.78, 5) is 18.9. The second kappa shape index (κ2) is 5.95. The molecule has 1 aromatic carbocycles. The second-order valence-electron chi connectivity index (χ2n) is 3.88. The van der Waals surface area contributed by atoms with Gasteiger partial charge in [0, 0.05) is 12.6 Å². The van der Waals surface area contributed by atoms with Crippen molar-refractivity contribution in [1.82, 2.24) is 9.97 Å². The van der Waals surface area contributed by atoms with Gasteiger partial charge in [0.05, 0.1) is 14.2 Å². The number of methoxy groups -OCH3 is 2. The van der Waals surface area contributed by atoms with E-state index >= 15 is 0 Å². The van der Waals surface area contributed by atoms with E-state index < -0.39 is 0 Å². The van der Waals surface area contributed by atoms with Crippen LogP contribution in [0, 0.1) is 0 Å². The Morgan fingerprint density at radius 2 is 1.95 bits per heavy atom. The minimum absolute atomic E-state index is 0.380. The van der Waals surface area contributed by atoms with Crippen molar-refractivity contribution >= 4 is 6.29 Å². The summed E-state index contributed by atoms with van der Waals surface area (Å²) in [6, 6.07) is 7.19. The van der Waals surface area contributed by atoms with E-state index in [1.807, 2.05) is 18.2 Å². The summed E-state index contributed by atoms with van der Waals surface area (Å²) in [5.41, 5.74) is 1.37. The van der Waals surface area contributed by atoms with Gasteiger partial charge in [-0.2, -0.15) is 0 Å². The standard InChI is InChI=1S/C14H14N2O3/c1-18-12-4-3-10(7-13(12)19-2)8-14-15-6-5-11(9-17)16-14/h3-7,9H,8H2,1-2H3. The number of aromatic nitrogens is 2. The van der Waals surface area contributed by atoms with Gasteiger partial charge in [-0.05, 0) is 23.8 Å². The first-order valence-corrected chi connectivity index (χ1v) is 5.75. The molecule has 0 saturated carbocycles. The molecule has 0 atom stereocenters. The molecule has 0 saturated heterocycles. The van der Waals surface area contributed by atoms with Crippen LogP contribution in [0.1, 0.15) is 21.9 Å². The lowest BCUT2D eigenvalue weighted by molar-refractivity contribution is 0.111. The minimum atomic E-state index is 0.380. The zero-order valence-electron chi connectivity index (χ0n) is 10.8. The third kappa shape index (κ3) is 3.07. The molecule has 0 aliphatic carbocycles. The van der Waals surface area contributed by atoms with E-state index in [9.17, 15) is 4.79 Å². The van der Waals surface area contributed by atoms with Crippen molar-refractivity contribution in [2.75, 3.05) is 14.2 Å². The van der Waals surface area contributed by atoms with E-state index in [0.29, 0.717) is 35.7 Å². The summed E-state index contributed by atoms with van der Waals surface area (Å²) < 4.78 is 10.4. The summed E-state index contributed by atoms with van der Waals surface area (Å²) >= 11 is 0. The van der Waals surface area contributed by atoms with E-state index in [0.717, 1.165) is 5.56 Å². The lowest BCUT2D eigenvalue weighted by atomic mass is 10.1. The fourth-order valence-electron chi connectivity index (χ4n) is 1.74. The maximum Gasteiger partial charge on any atom is 0.168 e. The van der Waals surface area contributed by atoms with E-state index in [-0.39, 0.29) is 0 Å². The molecule has 0 N–H and O–H groups in total. The van der Waals surface area contributed by atoms with Crippen molar-refractivity contribution < 1.29 is 14.3 Å². The van der Waals surface area contributed by atoms with Crippen LogP contribution in [-0.2, 0) is 6.42 Å². The maximum absolute atomic E-state index is 10.7. The van der Waals surface area contributed by atoms with Crippen molar-refractivity contribution in [1.29, 1.82) is 0 Å². The molecule has 0 spiro atoms. The van der Waals surface area contributed by atoms with Gasteiger partial charge in [0.2, 0.25) is 0 Å². The Bertz CT molecular complexity index is 585.